The van der Waals surface area contributed by atoms with E-state index in [4.69, 9.17) is 0 Å². The first-order valence-electron chi connectivity index (χ1n) is 7.05. The molecule has 0 aromatic heterocycles. The van der Waals surface area contributed by atoms with Crippen LogP contribution in [0, 0.1) is 5.82 Å². The number of unbranched alkanes of at least 4 members (excludes halogenated alkanes) is 3. The number of hydrogen-bond acceptors (Lipinski definition) is 1. The Labute approximate surface area is 123 Å². The minimum atomic E-state index is -4.66. The van der Waals surface area contributed by atoms with E-state index < -0.39 is 23.6 Å². The fourth-order valence-electron chi connectivity index (χ4n) is 2.31. The fourth-order valence-corrected chi connectivity index (χ4v) is 2.31. The second-order valence-corrected chi connectivity index (χ2v) is 4.97. The van der Waals surface area contributed by atoms with Crippen LogP contribution in [0.25, 0.3) is 0 Å². The van der Waals surface area contributed by atoms with Gasteiger partial charge in [0.25, 0.3) is 0 Å². The Balaban J connectivity index is 2.79. The lowest BCUT2D eigenvalue weighted by molar-refractivity contribution is -0.140. The molecule has 0 spiro atoms. The zero-order chi connectivity index (χ0) is 15.9. The number of benzene rings is 1. The third kappa shape index (κ3) is 5.16. The largest absolute Gasteiger partial charge is 0.419 e. The SMILES string of the molecule is C=CCCCCCC(NC)c1cccc(C(F)(F)F)c1F. The van der Waals surface area contributed by atoms with Crippen LogP contribution in [0.4, 0.5) is 17.6 Å². The maximum Gasteiger partial charge on any atom is 0.419 e. The van der Waals surface area contributed by atoms with Gasteiger partial charge in [-0.2, -0.15) is 13.2 Å². The summed E-state index contributed by atoms with van der Waals surface area (Å²) in [6.45, 7) is 3.63. The molecular weight excluding hydrogens is 282 g/mol. The van der Waals surface area contributed by atoms with Gasteiger partial charge in [0.05, 0.1) is 5.56 Å². The van der Waals surface area contributed by atoms with Crippen molar-refractivity contribution in [1.29, 1.82) is 0 Å². The molecule has 0 aliphatic rings. The summed E-state index contributed by atoms with van der Waals surface area (Å²) in [7, 11) is 1.63. The molecule has 0 saturated carbocycles. The van der Waals surface area contributed by atoms with Gasteiger partial charge < -0.3 is 5.32 Å². The summed E-state index contributed by atoms with van der Waals surface area (Å²) in [6.07, 6.45) is 1.46. The van der Waals surface area contributed by atoms with Crippen LogP contribution in [0.1, 0.15) is 49.3 Å². The highest BCUT2D eigenvalue weighted by molar-refractivity contribution is 5.30. The molecule has 1 nitrogen and oxygen atoms in total. The molecule has 0 radical (unpaired) electrons. The van der Waals surface area contributed by atoms with Crippen LogP contribution in [0.15, 0.2) is 30.9 Å². The summed E-state index contributed by atoms with van der Waals surface area (Å²) in [6, 6.07) is 3.03. The molecule has 1 aromatic rings. The Morgan fingerprint density at radius 3 is 2.52 bits per heavy atom. The van der Waals surface area contributed by atoms with Crippen molar-refractivity contribution in [3.63, 3.8) is 0 Å². The van der Waals surface area contributed by atoms with Crippen LogP contribution < -0.4 is 5.32 Å². The normalized spacial score (nSPS) is 13.2. The maximum atomic E-state index is 14.1. The average Bonchev–Trinajstić information content (AvgIpc) is 2.42. The highest BCUT2D eigenvalue weighted by Gasteiger charge is 2.35. The van der Waals surface area contributed by atoms with Crippen molar-refractivity contribution in [3.05, 3.63) is 47.8 Å². The second-order valence-electron chi connectivity index (χ2n) is 4.97. The van der Waals surface area contributed by atoms with Crippen LogP contribution in [0.2, 0.25) is 0 Å². The zero-order valence-electron chi connectivity index (χ0n) is 12.1. The molecule has 0 fully saturated rings. The molecular formula is C16H21F4N. The van der Waals surface area contributed by atoms with E-state index in [1.807, 2.05) is 6.08 Å². The minimum absolute atomic E-state index is 0.0797. The Kier molecular flexibility index (Phi) is 6.89. The van der Waals surface area contributed by atoms with Crippen molar-refractivity contribution in [2.24, 2.45) is 0 Å². The van der Waals surface area contributed by atoms with E-state index in [0.29, 0.717) is 6.42 Å². The van der Waals surface area contributed by atoms with E-state index in [2.05, 4.69) is 11.9 Å². The highest BCUT2D eigenvalue weighted by Crippen LogP contribution is 2.34. The smallest absolute Gasteiger partial charge is 0.313 e. The van der Waals surface area contributed by atoms with Gasteiger partial charge in [0.1, 0.15) is 5.82 Å². The monoisotopic (exact) mass is 303 g/mol. The summed E-state index contributed by atoms with van der Waals surface area (Å²) >= 11 is 0. The summed E-state index contributed by atoms with van der Waals surface area (Å²) in [5.41, 5.74) is -1.12. The Bertz CT molecular complexity index is 454. The quantitative estimate of drug-likeness (QED) is 0.393. The first-order valence-corrected chi connectivity index (χ1v) is 7.05. The molecule has 1 N–H and O–H groups in total. The predicted molar refractivity (Wildman–Crippen MR) is 76.5 cm³/mol. The van der Waals surface area contributed by atoms with E-state index in [0.717, 1.165) is 31.7 Å². The topological polar surface area (TPSA) is 12.0 Å². The van der Waals surface area contributed by atoms with Gasteiger partial charge in [-0.25, -0.2) is 4.39 Å². The Morgan fingerprint density at radius 1 is 1.24 bits per heavy atom. The fraction of sp³-hybridized carbons (Fsp3) is 0.500. The second kappa shape index (κ2) is 8.17. The zero-order valence-corrected chi connectivity index (χ0v) is 12.1. The molecule has 0 bridgehead atoms. The number of hydrogen-bond donors (Lipinski definition) is 1. The number of rotatable bonds is 8. The van der Waals surface area contributed by atoms with Crippen LogP contribution >= 0.6 is 0 Å². The molecule has 1 aromatic carbocycles. The lowest BCUT2D eigenvalue weighted by Crippen LogP contribution is -2.20. The molecule has 21 heavy (non-hydrogen) atoms. The molecule has 118 valence electrons. The molecule has 1 unspecified atom stereocenters. The van der Waals surface area contributed by atoms with E-state index in [9.17, 15) is 17.6 Å². The molecule has 0 aliphatic carbocycles. The Morgan fingerprint density at radius 2 is 1.95 bits per heavy atom. The first-order chi connectivity index (χ1) is 9.91. The molecule has 0 aliphatic heterocycles. The summed E-state index contributed by atoms with van der Waals surface area (Å²) in [5.74, 6) is -1.17. The van der Waals surface area contributed by atoms with Crippen molar-refractivity contribution in [2.45, 2.75) is 44.3 Å². The average molecular weight is 303 g/mol. The van der Waals surface area contributed by atoms with E-state index >= 15 is 0 Å². The van der Waals surface area contributed by atoms with Crippen molar-refractivity contribution >= 4 is 0 Å². The number of allylic oxidation sites excluding steroid dienone is 1. The summed E-state index contributed by atoms with van der Waals surface area (Å²) in [5, 5.41) is 2.90. The van der Waals surface area contributed by atoms with Gasteiger partial charge in [0.15, 0.2) is 0 Å². The number of halogens is 4. The molecule has 5 heteroatoms. The first kappa shape index (κ1) is 17.7. The van der Waals surface area contributed by atoms with Crippen LogP contribution in [0.5, 0.6) is 0 Å². The van der Waals surface area contributed by atoms with Crippen molar-refractivity contribution in [2.75, 3.05) is 7.05 Å². The third-order valence-electron chi connectivity index (χ3n) is 3.46. The van der Waals surface area contributed by atoms with Gasteiger partial charge in [-0.15, -0.1) is 6.58 Å². The van der Waals surface area contributed by atoms with Crippen molar-refractivity contribution in [1.82, 2.24) is 5.32 Å². The third-order valence-corrected chi connectivity index (χ3v) is 3.46. The van der Waals surface area contributed by atoms with Gasteiger partial charge >= 0.3 is 6.18 Å². The predicted octanol–water partition coefficient (Wildman–Crippen LogP) is 5.24. The van der Waals surface area contributed by atoms with Crippen LogP contribution in [-0.4, -0.2) is 7.05 Å². The van der Waals surface area contributed by atoms with Gasteiger partial charge in [-0.3, -0.25) is 0 Å². The Hall–Kier alpha value is -1.36. The lowest BCUT2D eigenvalue weighted by atomic mass is 9.97. The minimum Gasteiger partial charge on any atom is -0.313 e. The summed E-state index contributed by atoms with van der Waals surface area (Å²) in [4.78, 5) is 0. The van der Waals surface area contributed by atoms with E-state index in [1.165, 1.54) is 12.1 Å². The van der Waals surface area contributed by atoms with Crippen molar-refractivity contribution in [3.8, 4) is 0 Å². The number of nitrogens with one attached hydrogen (secondary N) is 1. The van der Waals surface area contributed by atoms with E-state index in [-0.39, 0.29) is 5.56 Å². The van der Waals surface area contributed by atoms with Gasteiger partial charge in [0, 0.05) is 11.6 Å². The molecule has 0 heterocycles. The van der Waals surface area contributed by atoms with Crippen molar-refractivity contribution < 1.29 is 17.6 Å². The molecule has 1 atom stereocenters. The van der Waals surface area contributed by atoms with Gasteiger partial charge in [-0.05, 0) is 32.4 Å². The van der Waals surface area contributed by atoms with Gasteiger partial charge in [-0.1, -0.05) is 31.1 Å². The van der Waals surface area contributed by atoms with Crippen LogP contribution in [-0.2, 0) is 6.18 Å². The molecule has 0 amide bonds. The van der Waals surface area contributed by atoms with Crippen LogP contribution in [0.3, 0.4) is 0 Å². The maximum absolute atomic E-state index is 14.1. The lowest BCUT2D eigenvalue weighted by Gasteiger charge is -2.19. The number of alkyl halides is 3. The highest BCUT2D eigenvalue weighted by atomic mass is 19.4. The standard InChI is InChI=1S/C16H21F4N/c1-3-4-5-6-7-11-14(21-2)12-9-8-10-13(15(12)17)16(18,19)20/h3,8-10,14,21H,1,4-7,11H2,2H3. The van der Waals surface area contributed by atoms with Gasteiger partial charge in [0.2, 0.25) is 0 Å². The molecule has 1 rings (SSSR count). The summed E-state index contributed by atoms with van der Waals surface area (Å²) < 4.78 is 52.2. The molecule has 0 saturated heterocycles. The van der Waals surface area contributed by atoms with E-state index in [1.54, 1.807) is 7.05 Å².